The van der Waals surface area contributed by atoms with Gasteiger partial charge in [-0.1, -0.05) is 0 Å². The van der Waals surface area contributed by atoms with E-state index in [0.29, 0.717) is 18.2 Å². The topological polar surface area (TPSA) is 135 Å². The summed E-state index contributed by atoms with van der Waals surface area (Å²) in [5.41, 5.74) is 0. The Morgan fingerprint density at radius 1 is 0.941 bits per heavy atom. The summed E-state index contributed by atoms with van der Waals surface area (Å²) in [5.74, 6) is -0.905. The Labute approximate surface area is 122 Å². The summed E-state index contributed by atoms with van der Waals surface area (Å²) in [5, 5.41) is 8.96. The van der Waals surface area contributed by atoms with Crippen LogP contribution >= 0.6 is 0 Å². The molecule has 0 aromatic heterocycles. The van der Waals surface area contributed by atoms with Gasteiger partial charge in [0, 0.05) is 0 Å². The zero-order valence-corrected chi connectivity index (χ0v) is 10.6. The molecule has 0 aliphatic carbocycles. The molecule has 0 saturated heterocycles. The van der Waals surface area contributed by atoms with Gasteiger partial charge in [-0.15, -0.1) is 0 Å². The molecule has 1 aromatic rings. The molecule has 0 aliphatic rings. The Morgan fingerprint density at radius 3 is 1.76 bits per heavy atom. The molecule has 84 valence electrons. The maximum Gasteiger partial charge on any atom is 1.00 e. The van der Waals surface area contributed by atoms with Crippen molar-refractivity contribution >= 4 is 20.2 Å². The van der Waals surface area contributed by atoms with Crippen LogP contribution in [0.3, 0.4) is 0 Å². The van der Waals surface area contributed by atoms with Crippen LogP contribution in [0.2, 0.25) is 0 Å². The first-order valence-electron chi connectivity index (χ1n) is 3.37. The molecular weight excluding hydrogens is 262 g/mol. The second-order valence-corrected chi connectivity index (χ2v) is 5.27. The molecule has 0 saturated carbocycles. The Bertz CT molecular complexity index is 593. The molecule has 0 heterocycles. The average Bonchev–Trinajstić information content (AvgIpc) is 2.00. The van der Waals surface area contributed by atoms with Gasteiger partial charge in [0.05, 0.1) is 9.79 Å². The standard InChI is InChI=1S/C6H6O7S2.2Li/c7-5-2-1-4(14(8,9)10)3-6(5)15(11,12)13;;/h1-3,7H,(H,8,9,10)(H,11,12,13);;/q;2*+1/p-2. The van der Waals surface area contributed by atoms with E-state index in [2.05, 4.69) is 0 Å². The van der Waals surface area contributed by atoms with Crippen molar-refractivity contribution in [2.24, 2.45) is 0 Å². The van der Waals surface area contributed by atoms with E-state index in [1.165, 1.54) is 0 Å². The molecule has 1 rings (SSSR count). The first kappa shape index (κ1) is 19.4. The van der Waals surface area contributed by atoms with Crippen molar-refractivity contribution in [1.82, 2.24) is 0 Å². The van der Waals surface area contributed by atoms with Crippen LogP contribution < -0.4 is 37.7 Å². The fourth-order valence-electron chi connectivity index (χ4n) is 0.850. The van der Waals surface area contributed by atoms with Crippen LogP contribution in [0, 0.1) is 0 Å². The third-order valence-electron chi connectivity index (χ3n) is 1.49. The van der Waals surface area contributed by atoms with Gasteiger partial charge in [-0.05, 0) is 18.2 Å². The minimum Gasteiger partial charge on any atom is -0.744 e. The van der Waals surface area contributed by atoms with Gasteiger partial charge in [0.1, 0.15) is 26.0 Å². The Morgan fingerprint density at radius 2 is 1.41 bits per heavy atom. The van der Waals surface area contributed by atoms with Crippen LogP contribution in [0.1, 0.15) is 0 Å². The summed E-state index contributed by atoms with van der Waals surface area (Å²) in [6.45, 7) is 0. The number of benzene rings is 1. The number of hydrogen-bond donors (Lipinski definition) is 1. The molecule has 0 atom stereocenters. The van der Waals surface area contributed by atoms with E-state index < -0.39 is 35.8 Å². The monoisotopic (exact) mass is 266 g/mol. The Balaban J connectivity index is 0. The van der Waals surface area contributed by atoms with Crippen LogP contribution in [0.25, 0.3) is 0 Å². The minimum absolute atomic E-state index is 0. The van der Waals surface area contributed by atoms with Gasteiger partial charge in [-0.25, -0.2) is 16.8 Å². The van der Waals surface area contributed by atoms with Crippen LogP contribution in [0.5, 0.6) is 5.75 Å². The second-order valence-electron chi connectivity index (χ2n) is 2.54. The number of hydrogen-bond acceptors (Lipinski definition) is 7. The van der Waals surface area contributed by atoms with E-state index >= 15 is 0 Å². The molecule has 0 radical (unpaired) electrons. The zero-order valence-electron chi connectivity index (χ0n) is 8.95. The van der Waals surface area contributed by atoms with E-state index in [1.807, 2.05) is 0 Å². The first-order valence-corrected chi connectivity index (χ1v) is 6.19. The fourth-order valence-corrected chi connectivity index (χ4v) is 2.02. The second kappa shape index (κ2) is 6.27. The van der Waals surface area contributed by atoms with E-state index in [9.17, 15) is 25.9 Å². The van der Waals surface area contributed by atoms with Crippen molar-refractivity contribution in [3.05, 3.63) is 18.2 Å². The van der Waals surface area contributed by atoms with Crippen molar-refractivity contribution in [2.75, 3.05) is 0 Å². The quantitative estimate of drug-likeness (QED) is 0.415. The van der Waals surface area contributed by atoms with Crippen LogP contribution in [0.15, 0.2) is 28.0 Å². The van der Waals surface area contributed by atoms with E-state index in [0.717, 1.165) is 0 Å². The molecule has 1 N–H and O–H groups in total. The smallest absolute Gasteiger partial charge is 0.744 e. The van der Waals surface area contributed by atoms with Crippen molar-refractivity contribution in [3.8, 4) is 5.75 Å². The van der Waals surface area contributed by atoms with Crippen molar-refractivity contribution < 1.29 is 68.8 Å². The normalized spacial score (nSPS) is 11.2. The SMILES string of the molecule is O=S(=O)([O-])c1ccc(O)c(S(=O)(=O)[O-])c1.[Li+].[Li+]. The van der Waals surface area contributed by atoms with Crippen molar-refractivity contribution in [3.63, 3.8) is 0 Å². The van der Waals surface area contributed by atoms with Crippen molar-refractivity contribution in [1.29, 1.82) is 0 Å². The summed E-state index contributed by atoms with van der Waals surface area (Å²) in [7, 11) is -9.89. The Kier molecular flexibility index (Phi) is 7.15. The van der Waals surface area contributed by atoms with Gasteiger partial charge in [0.2, 0.25) is 0 Å². The summed E-state index contributed by atoms with van der Waals surface area (Å²) in [6.07, 6.45) is 0. The summed E-state index contributed by atoms with van der Waals surface area (Å²) < 4.78 is 63.0. The fraction of sp³-hybridized carbons (Fsp3) is 0. The molecule has 0 aliphatic heterocycles. The molecule has 17 heavy (non-hydrogen) atoms. The van der Waals surface area contributed by atoms with E-state index in [1.54, 1.807) is 0 Å². The molecule has 11 heteroatoms. The summed E-state index contributed by atoms with van der Waals surface area (Å²) in [4.78, 5) is -2.03. The first-order chi connectivity index (χ1) is 6.62. The van der Waals surface area contributed by atoms with Gasteiger partial charge in [-0.2, -0.15) is 0 Å². The maximum atomic E-state index is 10.5. The van der Waals surface area contributed by atoms with Crippen molar-refractivity contribution in [2.45, 2.75) is 9.79 Å². The predicted molar refractivity (Wildman–Crippen MR) is 44.0 cm³/mol. The summed E-state index contributed by atoms with van der Waals surface area (Å²) in [6, 6.07) is 1.67. The van der Waals surface area contributed by atoms with Gasteiger partial charge in [0.25, 0.3) is 0 Å². The number of aromatic hydroxyl groups is 1. The summed E-state index contributed by atoms with van der Waals surface area (Å²) >= 11 is 0. The molecule has 1 aromatic carbocycles. The third kappa shape index (κ3) is 5.04. The molecule has 0 fully saturated rings. The third-order valence-corrected chi connectivity index (χ3v) is 3.19. The molecular formula is C6H4Li2O7S2. The van der Waals surface area contributed by atoms with Crippen LogP contribution in [0.4, 0.5) is 0 Å². The minimum atomic E-state index is -5.02. The number of phenolic OH excluding ortho intramolecular Hbond substituents is 1. The zero-order chi connectivity index (χ0) is 11.9. The number of rotatable bonds is 2. The van der Waals surface area contributed by atoms with Crippen LogP contribution in [-0.2, 0) is 20.2 Å². The number of phenols is 1. The van der Waals surface area contributed by atoms with Gasteiger partial charge in [0.15, 0.2) is 0 Å². The van der Waals surface area contributed by atoms with Gasteiger partial charge in [-0.3, -0.25) is 0 Å². The molecule has 7 nitrogen and oxygen atoms in total. The predicted octanol–water partition coefficient (Wildman–Crippen LogP) is -6.79. The molecule has 0 bridgehead atoms. The average molecular weight is 266 g/mol. The largest absolute Gasteiger partial charge is 1.00 e. The van der Waals surface area contributed by atoms with Crippen LogP contribution in [-0.4, -0.2) is 31.0 Å². The molecule has 0 spiro atoms. The maximum absolute atomic E-state index is 10.5. The Hall–Kier alpha value is 0.0348. The molecule has 0 unspecified atom stereocenters. The molecule has 0 amide bonds. The van der Waals surface area contributed by atoms with E-state index in [4.69, 9.17) is 5.11 Å². The van der Waals surface area contributed by atoms with E-state index in [-0.39, 0.29) is 37.7 Å². The van der Waals surface area contributed by atoms with Gasteiger partial charge >= 0.3 is 37.7 Å². The van der Waals surface area contributed by atoms with Gasteiger partial charge < -0.3 is 14.2 Å².